The molecule has 118 valence electrons. The van der Waals surface area contributed by atoms with Gasteiger partial charge >= 0.3 is 12.1 Å². The summed E-state index contributed by atoms with van der Waals surface area (Å²) in [5, 5.41) is 1.43. The number of esters is 1. The van der Waals surface area contributed by atoms with E-state index in [-0.39, 0.29) is 9.77 Å². The first kappa shape index (κ1) is 17.4. The van der Waals surface area contributed by atoms with Gasteiger partial charge in [0.25, 0.3) is 10.0 Å². The molecular weight excluding hydrogens is 318 g/mol. The number of methoxy groups -OCH3 is 1. The first-order chi connectivity index (χ1) is 9.63. The summed E-state index contributed by atoms with van der Waals surface area (Å²) in [6.07, 6.45) is -0.554. The van der Waals surface area contributed by atoms with Crippen molar-refractivity contribution in [2.24, 2.45) is 0 Å². The fourth-order valence-electron chi connectivity index (χ4n) is 1.23. The number of thiophene rings is 1. The predicted octanol–water partition coefficient (Wildman–Crippen LogP) is 2.14. The monoisotopic (exact) mass is 335 g/mol. The van der Waals surface area contributed by atoms with Crippen LogP contribution < -0.4 is 4.72 Å². The van der Waals surface area contributed by atoms with Crippen molar-refractivity contribution in [2.75, 3.05) is 7.11 Å². The summed E-state index contributed by atoms with van der Waals surface area (Å²) in [6, 6.07) is 1.23. The lowest BCUT2D eigenvalue weighted by atomic mass is 10.1. The Labute approximate surface area is 127 Å². The van der Waals surface area contributed by atoms with Gasteiger partial charge in [0.1, 0.15) is 15.4 Å². The summed E-state index contributed by atoms with van der Waals surface area (Å²) in [4.78, 5) is 22.7. The molecule has 0 aliphatic rings. The Kier molecular flexibility index (Phi) is 5.35. The molecule has 0 spiro atoms. The summed E-state index contributed by atoms with van der Waals surface area (Å²) in [5.74, 6) is -0.748. The molecule has 9 heteroatoms. The van der Waals surface area contributed by atoms with Crippen LogP contribution in [0.4, 0.5) is 4.79 Å². The van der Waals surface area contributed by atoms with E-state index in [1.165, 1.54) is 11.4 Å². The van der Waals surface area contributed by atoms with Gasteiger partial charge in [0.05, 0.1) is 7.11 Å². The predicted molar refractivity (Wildman–Crippen MR) is 76.8 cm³/mol. The van der Waals surface area contributed by atoms with Gasteiger partial charge < -0.3 is 9.47 Å². The molecule has 0 radical (unpaired) electrons. The van der Waals surface area contributed by atoms with Gasteiger partial charge in [-0.1, -0.05) is 6.92 Å². The van der Waals surface area contributed by atoms with Gasteiger partial charge in [0.2, 0.25) is 0 Å². The molecule has 1 amide bonds. The molecule has 1 aromatic heterocycles. The molecule has 0 fully saturated rings. The van der Waals surface area contributed by atoms with E-state index in [2.05, 4.69) is 4.74 Å². The number of ether oxygens (including phenoxy) is 2. The van der Waals surface area contributed by atoms with Crippen LogP contribution in [0.5, 0.6) is 0 Å². The number of hydrogen-bond acceptors (Lipinski definition) is 7. The van der Waals surface area contributed by atoms with Crippen LogP contribution in [-0.4, -0.2) is 33.2 Å². The molecule has 0 aromatic carbocycles. The number of amides is 1. The molecule has 1 aromatic rings. The van der Waals surface area contributed by atoms with Gasteiger partial charge in [-0.15, -0.1) is 11.3 Å². The number of rotatable bonds is 5. The van der Waals surface area contributed by atoms with Gasteiger partial charge in [-0.3, -0.25) is 0 Å². The van der Waals surface area contributed by atoms with Crippen LogP contribution in [0.25, 0.3) is 0 Å². The largest absolute Gasteiger partial charge is 0.455 e. The number of hydrogen-bond donors (Lipinski definition) is 1. The lowest BCUT2D eigenvalue weighted by Crippen LogP contribution is -2.32. The third kappa shape index (κ3) is 4.43. The van der Waals surface area contributed by atoms with Crippen molar-refractivity contribution < 1.29 is 27.5 Å². The van der Waals surface area contributed by atoms with E-state index in [1.54, 1.807) is 18.6 Å². The second-order valence-corrected chi connectivity index (χ2v) is 7.28. The Morgan fingerprint density at radius 2 is 2.00 bits per heavy atom. The lowest BCUT2D eigenvalue weighted by Gasteiger charge is -2.23. The highest BCUT2D eigenvalue weighted by Gasteiger charge is 2.30. The Morgan fingerprint density at radius 1 is 1.38 bits per heavy atom. The fraction of sp³-hybridized carbons (Fsp3) is 0.500. The molecule has 1 heterocycles. The number of carbonyl (C=O) groups excluding carboxylic acids is 2. The highest BCUT2D eigenvalue weighted by molar-refractivity contribution is 7.90. The van der Waals surface area contributed by atoms with Crippen molar-refractivity contribution in [3.63, 3.8) is 0 Å². The second-order valence-electron chi connectivity index (χ2n) is 4.71. The van der Waals surface area contributed by atoms with E-state index in [0.717, 1.165) is 18.4 Å². The minimum atomic E-state index is -4.18. The molecule has 0 bridgehead atoms. The highest BCUT2D eigenvalue weighted by Crippen LogP contribution is 2.25. The highest BCUT2D eigenvalue weighted by atomic mass is 32.2. The Morgan fingerprint density at radius 3 is 2.52 bits per heavy atom. The summed E-state index contributed by atoms with van der Waals surface area (Å²) in [5.41, 5.74) is -0.710. The van der Waals surface area contributed by atoms with E-state index in [9.17, 15) is 18.0 Å². The van der Waals surface area contributed by atoms with Gasteiger partial charge in [-0.05, 0) is 31.7 Å². The van der Waals surface area contributed by atoms with Crippen LogP contribution in [0.3, 0.4) is 0 Å². The maximum Gasteiger partial charge on any atom is 0.420 e. The van der Waals surface area contributed by atoms with E-state index in [0.29, 0.717) is 6.42 Å². The first-order valence-corrected chi connectivity index (χ1v) is 8.41. The zero-order valence-corrected chi connectivity index (χ0v) is 13.8. The van der Waals surface area contributed by atoms with Crippen LogP contribution in [-0.2, 0) is 19.5 Å². The summed E-state index contributed by atoms with van der Waals surface area (Å²) in [7, 11) is -3.14. The van der Waals surface area contributed by atoms with Crippen LogP contribution in [0.2, 0.25) is 0 Å². The molecule has 0 unspecified atom stereocenters. The topological polar surface area (TPSA) is 98.8 Å². The number of nitrogens with one attached hydrogen (secondary N) is 1. The van der Waals surface area contributed by atoms with Crippen molar-refractivity contribution in [2.45, 2.75) is 37.7 Å². The molecular formula is C12H17NO6S2. The molecule has 0 saturated carbocycles. The summed E-state index contributed by atoms with van der Waals surface area (Å²) < 4.78 is 35.2. The Hall–Kier alpha value is -1.61. The van der Waals surface area contributed by atoms with E-state index in [4.69, 9.17) is 4.74 Å². The third-order valence-electron chi connectivity index (χ3n) is 2.73. The van der Waals surface area contributed by atoms with Crippen LogP contribution in [0, 0.1) is 0 Å². The maximum absolute atomic E-state index is 12.1. The average molecular weight is 335 g/mol. The Balaban J connectivity index is 3.07. The lowest BCUT2D eigenvalue weighted by molar-refractivity contribution is -0.00228. The van der Waals surface area contributed by atoms with E-state index in [1.807, 2.05) is 6.92 Å². The third-order valence-corrected chi connectivity index (χ3v) is 5.11. The molecule has 0 saturated heterocycles. The molecule has 21 heavy (non-hydrogen) atoms. The fourth-order valence-corrected chi connectivity index (χ4v) is 3.44. The zero-order valence-electron chi connectivity index (χ0n) is 12.1. The van der Waals surface area contributed by atoms with Crippen molar-refractivity contribution >= 4 is 33.4 Å². The molecule has 0 atom stereocenters. The first-order valence-electron chi connectivity index (χ1n) is 6.04. The van der Waals surface area contributed by atoms with E-state index < -0.39 is 27.7 Å². The van der Waals surface area contributed by atoms with Crippen molar-refractivity contribution in [3.05, 3.63) is 16.3 Å². The Bertz CT molecular complexity index is 632. The van der Waals surface area contributed by atoms with Crippen LogP contribution in [0.1, 0.15) is 36.9 Å². The van der Waals surface area contributed by atoms with Crippen LogP contribution in [0.15, 0.2) is 16.3 Å². The molecule has 7 nitrogen and oxygen atoms in total. The van der Waals surface area contributed by atoms with Crippen LogP contribution >= 0.6 is 11.3 Å². The van der Waals surface area contributed by atoms with E-state index >= 15 is 0 Å². The van der Waals surface area contributed by atoms with Crippen molar-refractivity contribution in [1.82, 2.24) is 4.72 Å². The van der Waals surface area contributed by atoms with Crippen molar-refractivity contribution in [3.8, 4) is 0 Å². The van der Waals surface area contributed by atoms with Gasteiger partial charge in [-0.2, -0.15) is 0 Å². The van der Waals surface area contributed by atoms with Crippen molar-refractivity contribution in [1.29, 1.82) is 0 Å². The SMILES string of the molecule is CCC(C)(C)OC(=O)c1sccc1S(=O)(=O)NC(=O)OC. The molecule has 0 aliphatic heterocycles. The summed E-state index contributed by atoms with van der Waals surface area (Å²) in [6.45, 7) is 5.29. The van der Waals surface area contributed by atoms with Gasteiger partial charge in [-0.25, -0.2) is 22.7 Å². The molecule has 1 N–H and O–H groups in total. The van der Waals surface area contributed by atoms with Gasteiger partial charge in [0, 0.05) is 0 Å². The smallest absolute Gasteiger partial charge is 0.420 e. The second kappa shape index (κ2) is 6.44. The molecule has 1 rings (SSSR count). The normalized spacial score (nSPS) is 11.8. The minimum absolute atomic E-state index is 0.0899. The number of carbonyl (C=O) groups is 2. The zero-order chi connectivity index (χ0) is 16.3. The maximum atomic E-state index is 12.1. The standard InChI is InChI=1S/C12H17NO6S2/c1-5-12(2,3)19-10(14)9-8(6-7-20-9)21(16,17)13-11(15)18-4/h6-7H,5H2,1-4H3,(H,13,15). The minimum Gasteiger partial charge on any atom is -0.455 e. The summed E-state index contributed by atoms with van der Waals surface area (Å²) >= 11 is 0.925. The number of sulfonamides is 1. The quantitative estimate of drug-likeness (QED) is 0.828. The average Bonchev–Trinajstić information content (AvgIpc) is 2.87. The molecule has 0 aliphatic carbocycles. The van der Waals surface area contributed by atoms with Gasteiger partial charge in [0.15, 0.2) is 0 Å².